The normalized spacial score (nSPS) is 9.71. The fourth-order valence-corrected chi connectivity index (χ4v) is 1.44. The van der Waals surface area contributed by atoms with Gasteiger partial charge in [0.25, 0.3) is 5.91 Å². The lowest BCUT2D eigenvalue weighted by molar-refractivity contribution is -0.0138. The smallest absolute Gasteiger partial charge is 0.286 e. The van der Waals surface area contributed by atoms with E-state index in [1.165, 1.54) is 5.06 Å². The lowest BCUT2D eigenvalue weighted by Gasteiger charge is -2.17. The van der Waals surface area contributed by atoms with Crippen LogP contribution in [0.3, 0.4) is 0 Å². The molecule has 3 heteroatoms. The number of rotatable bonds is 3. The Morgan fingerprint density at radius 2 is 1.47 bits per heavy atom. The van der Waals surface area contributed by atoms with Crippen LogP contribution in [-0.2, 0) is 0 Å². The standard InChI is InChI=1S/C14H13NO2/c1-15(17-13-10-6-3-7-11-13)14(16)12-8-4-2-5-9-12/h2-11H,1H3. The molecule has 0 saturated heterocycles. The highest BCUT2D eigenvalue weighted by Crippen LogP contribution is 2.11. The molecule has 0 aliphatic carbocycles. The van der Waals surface area contributed by atoms with E-state index in [2.05, 4.69) is 0 Å². The number of hydrogen-bond acceptors (Lipinski definition) is 2. The van der Waals surface area contributed by atoms with Crippen molar-refractivity contribution in [1.29, 1.82) is 0 Å². The maximum Gasteiger partial charge on any atom is 0.286 e. The van der Waals surface area contributed by atoms with E-state index < -0.39 is 0 Å². The Hall–Kier alpha value is -2.29. The summed E-state index contributed by atoms with van der Waals surface area (Å²) in [5.74, 6) is 0.466. The predicted octanol–water partition coefficient (Wildman–Crippen LogP) is 2.75. The Kier molecular flexibility index (Phi) is 3.40. The molecule has 0 aliphatic rings. The van der Waals surface area contributed by atoms with Gasteiger partial charge in [-0.2, -0.15) is 5.06 Å². The van der Waals surface area contributed by atoms with E-state index in [0.29, 0.717) is 11.3 Å². The molecule has 2 rings (SSSR count). The average molecular weight is 227 g/mol. The highest BCUT2D eigenvalue weighted by Gasteiger charge is 2.12. The Morgan fingerprint density at radius 3 is 2.06 bits per heavy atom. The van der Waals surface area contributed by atoms with Gasteiger partial charge in [0.1, 0.15) is 0 Å². The Labute approximate surface area is 100 Å². The lowest BCUT2D eigenvalue weighted by atomic mass is 10.2. The van der Waals surface area contributed by atoms with Crippen LogP contribution < -0.4 is 4.84 Å². The van der Waals surface area contributed by atoms with Gasteiger partial charge in [-0.25, -0.2) is 0 Å². The van der Waals surface area contributed by atoms with Gasteiger partial charge in [0.05, 0.1) is 0 Å². The second-order valence-corrected chi connectivity index (χ2v) is 3.57. The van der Waals surface area contributed by atoms with E-state index >= 15 is 0 Å². The predicted molar refractivity (Wildman–Crippen MR) is 65.6 cm³/mol. The van der Waals surface area contributed by atoms with Gasteiger partial charge in [-0.3, -0.25) is 4.79 Å². The number of nitrogens with zero attached hydrogens (tertiary/aromatic N) is 1. The number of carbonyl (C=O) groups is 1. The number of amides is 1. The molecule has 17 heavy (non-hydrogen) atoms. The SMILES string of the molecule is CN(Oc1ccccc1)C(=O)c1ccccc1. The van der Waals surface area contributed by atoms with Crippen LogP contribution in [0.5, 0.6) is 5.75 Å². The van der Waals surface area contributed by atoms with Crippen molar-refractivity contribution >= 4 is 5.91 Å². The third kappa shape index (κ3) is 2.84. The van der Waals surface area contributed by atoms with Crippen molar-refractivity contribution in [2.24, 2.45) is 0 Å². The first-order valence-corrected chi connectivity index (χ1v) is 5.33. The summed E-state index contributed by atoms with van der Waals surface area (Å²) in [5, 5.41) is 1.23. The highest BCUT2D eigenvalue weighted by atomic mass is 16.7. The quantitative estimate of drug-likeness (QED) is 0.754. The van der Waals surface area contributed by atoms with Gasteiger partial charge in [0.2, 0.25) is 0 Å². The van der Waals surface area contributed by atoms with E-state index in [0.717, 1.165) is 0 Å². The molecule has 0 aromatic heterocycles. The zero-order valence-electron chi connectivity index (χ0n) is 9.54. The average Bonchev–Trinajstić information content (AvgIpc) is 2.40. The molecule has 3 nitrogen and oxygen atoms in total. The summed E-state index contributed by atoms with van der Waals surface area (Å²) in [6, 6.07) is 18.2. The van der Waals surface area contributed by atoms with Crippen molar-refractivity contribution in [1.82, 2.24) is 5.06 Å². The maximum atomic E-state index is 11.9. The maximum absolute atomic E-state index is 11.9. The summed E-state index contributed by atoms with van der Waals surface area (Å²) in [7, 11) is 1.60. The van der Waals surface area contributed by atoms with Crippen molar-refractivity contribution in [3.05, 3.63) is 66.2 Å². The number of hydroxylamine groups is 2. The molecule has 0 saturated carbocycles. The fourth-order valence-electron chi connectivity index (χ4n) is 1.44. The molecule has 0 fully saturated rings. The molecule has 0 atom stereocenters. The van der Waals surface area contributed by atoms with Crippen molar-refractivity contribution in [3.8, 4) is 5.75 Å². The third-order valence-electron chi connectivity index (χ3n) is 2.29. The minimum atomic E-state index is -0.172. The van der Waals surface area contributed by atoms with Crippen LogP contribution in [0.4, 0.5) is 0 Å². The van der Waals surface area contributed by atoms with E-state index in [1.54, 1.807) is 31.3 Å². The van der Waals surface area contributed by atoms with Crippen LogP contribution in [0, 0.1) is 0 Å². The molecule has 2 aromatic carbocycles. The fraction of sp³-hybridized carbons (Fsp3) is 0.0714. The topological polar surface area (TPSA) is 29.5 Å². The zero-order chi connectivity index (χ0) is 12.1. The summed E-state index contributed by atoms with van der Waals surface area (Å²) in [4.78, 5) is 17.4. The number of benzene rings is 2. The van der Waals surface area contributed by atoms with Crippen molar-refractivity contribution < 1.29 is 9.63 Å². The van der Waals surface area contributed by atoms with Crippen LogP contribution >= 0.6 is 0 Å². The number of para-hydroxylation sites is 1. The lowest BCUT2D eigenvalue weighted by Crippen LogP contribution is -2.29. The Bertz CT molecular complexity index is 482. The first kappa shape index (κ1) is 11.2. The molecular formula is C14H13NO2. The van der Waals surface area contributed by atoms with Gasteiger partial charge in [-0.15, -0.1) is 0 Å². The molecule has 0 aliphatic heterocycles. The summed E-state index contributed by atoms with van der Waals surface area (Å²) in [6.07, 6.45) is 0. The van der Waals surface area contributed by atoms with Crippen molar-refractivity contribution in [2.45, 2.75) is 0 Å². The van der Waals surface area contributed by atoms with Gasteiger partial charge < -0.3 is 4.84 Å². The van der Waals surface area contributed by atoms with E-state index in [-0.39, 0.29) is 5.91 Å². The molecule has 1 amide bonds. The van der Waals surface area contributed by atoms with Crippen LogP contribution in [-0.4, -0.2) is 18.0 Å². The Morgan fingerprint density at radius 1 is 0.941 bits per heavy atom. The molecule has 0 spiro atoms. The van der Waals surface area contributed by atoms with Crippen LogP contribution in [0.15, 0.2) is 60.7 Å². The van der Waals surface area contributed by atoms with Crippen LogP contribution in [0.25, 0.3) is 0 Å². The van der Waals surface area contributed by atoms with E-state index in [1.807, 2.05) is 36.4 Å². The summed E-state index contributed by atoms with van der Waals surface area (Å²) in [6.45, 7) is 0. The van der Waals surface area contributed by atoms with Gasteiger partial charge >= 0.3 is 0 Å². The molecule has 0 unspecified atom stereocenters. The minimum absolute atomic E-state index is 0.172. The highest BCUT2D eigenvalue weighted by molar-refractivity contribution is 5.93. The summed E-state index contributed by atoms with van der Waals surface area (Å²) in [5.41, 5.74) is 0.603. The van der Waals surface area contributed by atoms with Gasteiger partial charge in [-0.05, 0) is 24.3 Å². The van der Waals surface area contributed by atoms with Crippen LogP contribution in [0.2, 0.25) is 0 Å². The number of hydrogen-bond donors (Lipinski definition) is 0. The molecular weight excluding hydrogens is 214 g/mol. The largest absolute Gasteiger partial charge is 0.377 e. The van der Waals surface area contributed by atoms with E-state index in [4.69, 9.17) is 4.84 Å². The van der Waals surface area contributed by atoms with Crippen molar-refractivity contribution in [3.63, 3.8) is 0 Å². The van der Waals surface area contributed by atoms with Gasteiger partial charge in [0, 0.05) is 12.6 Å². The number of carbonyl (C=O) groups excluding carboxylic acids is 1. The zero-order valence-corrected chi connectivity index (χ0v) is 9.54. The molecule has 0 heterocycles. The van der Waals surface area contributed by atoms with Gasteiger partial charge in [-0.1, -0.05) is 36.4 Å². The first-order valence-electron chi connectivity index (χ1n) is 5.33. The molecule has 0 bridgehead atoms. The summed E-state index contributed by atoms with van der Waals surface area (Å²) >= 11 is 0. The van der Waals surface area contributed by atoms with Crippen molar-refractivity contribution in [2.75, 3.05) is 7.05 Å². The molecule has 0 radical (unpaired) electrons. The molecule has 0 N–H and O–H groups in total. The van der Waals surface area contributed by atoms with Gasteiger partial charge in [0.15, 0.2) is 5.75 Å². The molecule has 86 valence electrons. The monoisotopic (exact) mass is 227 g/mol. The molecule has 2 aromatic rings. The van der Waals surface area contributed by atoms with Crippen LogP contribution in [0.1, 0.15) is 10.4 Å². The first-order chi connectivity index (χ1) is 8.27. The third-order valence-corrected chi connectivity index (χ3v) is 2.29. The second-order valence-electron chi connectivity index (χ2n) is 3.57. The van der Waals surface area contributed by atoms with E-state index in [9.17, 15) is 4.79 Å². The summed E-state index contributed by atoms with van der Waals surface area (Å²) < 4.78 is 0. The minimum Gasteiger partial charge on any atom is -0.377 e. The second kappa shape index (κ2) is 5.16. The Balaban J connectivity index is 2.06.